The SMILES string of the molecule is NOCc1nnc2n1-c1ccc(F)cc1C(c1ccccc1)=NC2. The molecule has 0 atom stereocenters. The number of rotatable bonds is 3. The lowest BCUT2D eigenvalue weighted by molar-refractivity contribution is 0.117. The number of halogens is 1. The maximum atomic E-state index is 13.9. The van der Waals surface area contributed by atoms with Gasteiger partial charge in [-0.25, -0.2) is 10.3 Å². The topological polar surface area (TPSA) is 78.3 Å². The smallest absolute Gasteiger partial charge is 0.165 e. The van der Waals surface area contributed by atoms with E-state index in [1.165, 1.54) is 12.1 Å². The van der Waals surface area contributed by atoms with Crippen LogP contribution in [0.4, 0.5) is 4.39 Å². The van der Waals surface area contributed by atoms with Crippen LogP contribution in [0.1, 0.15) is 22.8 Å². The van der Waals surface area contributed by atoms with Crippen molar-refractivity contribution in [1.29, 1.82) is 0 Å². The van der Waals surface area contributed by atoms with E-state index in [0.717, 1.165) is 17.0 Å². The number of nitrogens with two attached hydrogens (primary N) is 1. The Morgan fingerprint density at radius 3 is 2.75 bits per heavy atom. The van der Waals surface area contributed by atoms with Gasteiger partial charge >= 0.3 is 0 Å². The molecule has 0 radical (unpaired) electrons. The highest BCUT2D eigenvalue weighted by Crippen LogP contribution is 2.26. The first-order valence-corrected chi connectivity index (χ1v) is 7.43. The van der Waals surface area contributed by atoms with E-state index in [2.05, 4.69) is 15.2 Å². The molecule has 1 aliphatic heterocycles. The van der Waals surface area contributed by atoms with Crippen LogP contribution in [0, 0.1) is 5.82 Å². The van der Waals surface area contributed by atoms with Gasteiger partial charge in [-0.05, 0) is 18.2 Å². The Bertz CT molecular complexity index is 920. The average Bonchev–Trinajstić information content (AvgIpc) is 2.92. The molecule has 1 aromatic heterocycles. The highest BCUT2D eigenvalue weighted by Gasteiger charge is 2.23. The van der Waals surface area contributed by atoms with Crippen LogP contribution >= 0.6 is 0 Å². The third-order valence-electron chi connectivity index (χ3n) is 3.89. The predicted octanol–water partition coefficient (Wildman–Crippen LogP) is 2.15. The van der Waals surface area contributed by atoms with Gasteiger partial charge in [0.1, 0.15) is 19.0 Å². The molecule has 0 spiro atoms. The van der Waals surface area contributed by atoms with Gasteiger partial charge in [0.2, 0.25) is 0 Å². The Hall–Kier alpha value is -2.90. The zero-order valence-electron chi connectivity index (χ0n) is 12.7. The van der Waals surface area contributed by atoms with E-state index < -0.39 is 0 Å². The molecule has 0 saturated heterocycles. The lowest BCUT2D eigenvalue weighted by atomic mass is 10.0. The number of aromatic nitrogens is 3. The van der Waals surface area contributed by atoms with Crippen molar-refractivity contribution in [3.63, 3.8) is 0 Å². The second-order valence-electron chi connectivity index (χ2n) is 5.37. The summed E-state index contributed by atoms with van der Waals surface area (Å²) >= 11 is 0. The predicted molar refractivity (Wildman–Crippen MR) is 86.1 cm³/mol. The lowest BCUT2D eigenvalue weighted by Crippen LogP contribution is -2.11. The summed E-state index contributed by atoms with van der Waals surface area (Å²) < 4.78 is 15.7. The molecule has 0 amide bonds. The minimum absolute atomic E-state index is 0.102. The summed E-state index contributed by atoms with van der Waals surface area (Å²) in [5.74, 6) is 6.06. The first-order valence-electron chi connectivity index (χ1n) is 7.43. The van der Waals surface area contributed by atoms with E-state index in [4.69, 9.17) is 10.7 Å². The number of nitrogens with zero attached hydrogens (tertiary/aromatic N) is 4. The third-order valence-corrected chi connectivity index (χ3v) is 3.89. The van der Waals surface area contributed by atoms with Crippen molar-refractivity contribution in [3.8, 4) is 5.69 Å². The second kappa shape index (κ2) is 5.95. The van der Waals surface area contributed by atoms with Crippen LogP contribution in [0.5, 0.6) is 0 Å². The summed E-state index contributed by atoms with van der Waals surface area (Å²) in [5, 5.41) is 8.25. The summed E-state index contributed by atoms with van der Waals surface area (Å²) in [6.07, 6.45) is 0. The molecule has 2 heterocycles. The molecule has 7 heteroatoms. The van der Waals surface area contributed by atoms with Gasteiger partial charge in [-0.15, -0.1) is 10.2 Å². The monoisotopic (exact) mass is 323 g/mol. The summed E-state index contributed by atoms with van der Waals surface area (Å²) in [7, 11) is 0. The van der Waals surface area contributed by atoms with Crippen LogP contribution in [0.15, 0.2) is 53.5 Å². The first kappa shape index (κ1) is 14.7. The average molecular weight is 323 g/mol. The van der Waals surface area contributed by atoms with Crippen LogP contribution in [0.3, 0.4) is 0 Å². The number of fused-ring (bicyclic) bond motifs is 3. The van der Waals surface area contributed by atoms with Crippen molar-refractivity contribution < 1.29 is 9.23 Å². The minimum atomic E-state index is -0.328. The van der Waals surface area contributed by atoms with E-state index in [-0.39, 0.29) is 12.4 Å². The highest BCUT2D eigenvalue weighted by molar-refractivity contribution is 6.15. The van der Waals surface area contributed by atoms with Crippen LogP contribution in [-0.2, 0) is 18.0 Å². The largest absolute Gasteiger partial charge is 0.296 e. The second-order valence-corrected chi connectivity index (χ2v) is 5.37. The van der Waals surface area contributed by atoms with Crippen LogP contribution in [-0.4, -0.2) is 20.5 Å². The summed E-state index contributed by atoms with van der Waals surface area (Å²) in [6.45, 7) is 0.433. The molecule has 3 aromatic rings. The molecule has 0 bridgehead atoms. The summed E-state index contributed by atoms with van der Waals surface area (Å²) in [4.78, 5) is 9.35. The highest BCUT2D eigenvalue weighted by atomic mass is 19.1. The number of hydrogen-bond acceptors (Lipinski definition) is 5. The molecule has 0 unspecified atom stereocenters. The fourth-order valence-corrected chi connectivity index (χ4v) is 2.87. The normalized spacial score (nSPS) is 13.0. The number of benzene rings is 2. The zero-order chi connectivity index (χ0) is 16.5. The van der Waals surface area contributed by atoms with E-state index in [9.17, 15) is 4.39 Å². The third kappa shape index (κ3) is 2.40. The molecule has 0 aliphatic carbocycles. The molecule has 1 aliphatic rings. The van der Waals surface area contributed by atoms with Crippen molar-refractivity contribution in [1.82, 2.24) is 14.8 Å². The van der Waals surface area contributed by atoms with Gasteiger partial charge in [-0.2, -0.15) is 0 Å². The Balaban J connectivity index is 1.96. The lowest BCUT2D eigenvalue weighted by Gasteiger charge is -2.13. The van der Waals surface area contributed by atoms with Crippen LogP contribution in [0.25, 0.3) is 5.69 Å². The molecule has 120 valence electrons. The van der Waals surface area contributed by atoms with Gasteiger partial charge in [0.15, 0.2) is 11.6 Å². The van der Waals surface area contributed by atoms with Crippen molar-refractivity contribution in [2.45, 2.75) is 13.2 Å². The molecule has 24 heavy (non-hydrogen) atoms. The van der Waals surface area contributed by atoms with Crippen molar-refractivity contribution in [3.05, 3.63) is 77.1 Å². The van der Waals surface area contributed by atoms with Gasteiger partial charge in [0.25, 0.3) is 0 Å². The molecule has 0 fully saturated rings. The minimum Gasteiger partial charge on any atom is -0.296 e. The van der Waals surface area contributed by atoms with Gasteiger partial charge in [-0.1, -0.05) is 30.3 Å². The summed E-state index contributed by atoms with van der Waals surface area (Å²) in [5.41, 5.74) is 3.07. The van der Waals surface area contributed by atoms with Gasteiger partial charge in [-0.3, -0.25) is 14.4 Å². The first-order chi connectivity index (χ1) is 11.8. The van der Waals surface area contributed by atoms with E-state index in [0.29, 0.717) is 23.8 Å². The molecule has 0 saturated carbocycles. The maximum Gasteiger partial charge on any atom is 0.165 e. The molecule has 2 N–H and O–H groups in total. The molecule has 6 nitrogen and oxygen atoms in total. The van der Waals surface area contributed by atoms with Crippen LogP contribution in [0.2, 0.25) is 0 Å². The maximum absolute atomic E-state index is 13.9. The number of aliphatic imine (C=N–C) groups is 1. The molecule has 2 aromatic carbocycles. The van der Waals surface area contributed by atoms with E-state index in [1.807, 2.05) is 34.9 Å². The number of hydrogen-bond donors (Lipinski definition) is 1. The van der Waals surface area contributed by atoms with E-state index >= 15 is 0 Å². The molecule has 4 rings (SSSR count). The quantitative estimate of drug-likeness (QED) is 0.749. The summed E-state index contributed by atoms with van der Waals surface area (Å²) in [6, 6.07) is 14.3. The van der Waals surface area contributed by atoms with Crippen molar-refractivity contribution >= 4 is 5.71 Å². The Morgan fingerprint density at radius 1 is 1.12 bits per heavy atom. The van der Waals surface area contributed by atoms with Gasteiger partial charge in [0.05, 0.1) is 11.4 Å². The molecular weight excluding hydrogens is 309 g/mol. The van der Waals surface area contributed by atoms with Crippen LogP contribution < -0.4 is 5.90 Å². The molecular formula is C17H14FN5O. The van der Waals surface area contributed by atoms with Gasteiger partial charge in [0, 0.05) is 11.1 Å². The van der Waals surface area contributed by atoms with Crippen molar-refractivity contribution in [2.24, 2.45) is 10.9 Å². The van der Waals surface area contributed by atoms with E-state index in [1.54, 1.807) is 6.07 Å². The Morgan fingerprint density at radius 2 is 1.96 bits per heavy atom. The zero-order valence-corrected chi connectivity index (χ0v) is 12.7. The fourth-order valence-electron chi connectivity index (χ4n) is 2.87. The standard InChI is InChI=1S/C17H14FN5O/c18-12-6-7-14-13(8-12)17(11-4-2-1-3-5-11)20-9-15-21-22-16(10-24-19)23(14)15/h1-8H,9-10,19H2. The fraction of sp³-hybridized carbons (Fsp3) is 0.118. The van der Waals surface area contributed by atoms with Crippen molar-refractivity contribution in [2.75, 3.05) is 0 Å². The Labute approximate surface area is 137 Å². The Kier molecular flexibility index (Phi) is 3.64. The van der Waals surface area contributed by atoms with Gasteiger partial charge < -0.3 is 0 Å².